The van der Waals surface area contributed by atoms with E-state index >= 15 is 0 Å². The number of H-pyrrole nitrogens is 1. The summed E-state index contributed by atoms with van der Waals surface area (Å²) in [6, 6.07) is 5.78. The Hall–Kier alpha value is -1.61. The molecule has 2 rings (SSSR count). The lowest BCUT2D eigenvalue weighted by atomic mass is 10.0. The van der Waals surface area contributed by atoms with Gasteiger partial charge in [0, 0.05) is 11.1 Å². The lowest BCUT2D eigenvalue weighted by Gasteiger charge is -2.04. The number of unbranched alkanes of at least 4 members (excludes halogenated alkanes) is 1. The average molecular weight is 322 g/mol. The summed E-state index contributed by atoms with van der Waals surface area (Å²) in [4.78, 5) is 3.42. The fourth-order valence-electron chi connectivity index (χ4n) is 2.56. The van der Waals surface area contributed by atoms with Gasteiger partial charge in [-0.25, -0.2) is 13.9 Å². The van der Waals surface area contributed by atoms with Crippen LogP contribution in [0.25, 0.3) is 11.0 Å². The number of halogens is 2. The van der Waals surface area contributed by atoms with Gasteiger partial charge < -0.3 is 0 Å². The highest BCUT2D eigenvalue weighted by Gasteiger charge is 2.21. The molecule has 1 N–H and O–H groups in total. The SMILES string of the molecule is CCCC=C(F)C=CC(CC)c1[nH]c2ccc(Cl)cc2[n+]1C. The summed E-state index contributed by atoms with van der Waals surface area (Å²) in [6.45, 7) is 4.14. The van der Waals surface area contributed by atoms with E-state index in [1.165, 1.54) is 0 Å². The van der Waals surface area contributed by atoms with E-state index in [0.29, 0.717) is 5.02 Å². The van der Waals surface area contributed by atoms with Crippen LogP contribution in [0.1, 0.15) is 44.9 Å². The summed E-state index contributed by atoms with van der Waals surface area (Å²) in [6.07, 6.45) is 7.75. The van der Waals surface area contributed by atoms with E-state index in [0.717, 1.165) is 36.1 Å². The summed E-state index contributed by atoms with van der Waals surface area (Å²) in [5.41, 5.74) is 2.09. The first kappa shape index (κ1) is 16.8. The lowest BCUT2D eigenvalue weighted by Crippen LogP contribution is -2.33. The van der Waals surface area contributed by atoms with Crippen LogP contribution < -0.4 is 4.57 Å². The molecule has 118 valence electrons. The van der Waals surface area contributed by atoms with Gasteiger partial charge in [-0.15, -0.1) is 0 Å². The molecule has 0 bridgehead atoms. The Morgan fingerprint density at radius 2 is 2.18 bits per heavy atom. The Kier molecular flexibility index (Phi) is 5.78. The quantitative estimate of drug-likeness (QED) is 0.546. The van der Waals surface area contributed by atoms with Crippen LogP contribution in [0.15, 0.2) is 42.3 Å². The fourth-order valence-corrected chi connectivity index (χ4v) is 2.73. The zero-order chi connectivity index (χ0) is 16.1. The van der Waals surface area contributed by atoms with E-state index in [2.05, 4.69) is 16.5 Å². The summed E-state index contributed by atoms with van der Waals surface area (Å²) in [5.74, 6) is 1.03. The van der Waals surface area contributed by atoms with E-state index in [9.17, 15) is 4.39 Å². The number of allylic oxidation sites excluding steroid dienone is 4. The summed E-state index contributed by atoms with van der Waals surface area (Å²) < 4.78 is 15.8. The number of rotatable bonds is 6. The predicted octanol–water partition coefficient (Wildman–Crippen LogP) is 5.35. The third-order valence-electron chi connectivity index (χ3n) is 3.85. The van der Waals surface area contributed by atoms with E-state index in [1.807, 2.05) is 38.2 Å². The third-order valence-corrected chi connectivity index (χ3v) is 4.09. The van der Waals surface area contributed by atoms with Gasteiger partial charge in [0.25, 0.3) is 5.82 Å². The molecule has 1 aromatic heterocycles. The van der Waals surface area contributed by atoms with Gasteiger partial charge in [-0.3, -0.25) is 0 Å². The molecule has 0 spiro atoms. The zero-order valence-corrected chi connectivity index (χ0v) is 14.1. The van der Waals surface area contributed by atoms with Crippen molar-refractivity contribution in [3.8, 4) is 0 Å². The number of hydrogen-bond donors (Lipinski definition) is 1. The summed E-state index contributed by atoms with van der Waals surface area (Å²) in [7, 11) is 2.00. The molecule has 22 heavy (non-hydrogen) atoms. The van der Waals surface area contributed by atoms with Crippen LogP contribution in [0.5, 0.6) is 0 Å². The van der Waals surface area contributed by atoms with E-state index < -0.39 is 0 Å². The highest BCUT2D eigenvalue weighted by Crippen LogP contribution is 2.22. The molecule has 0 radical (unpaired) electrons. The minimum atomic E-state index is -0.165. The Bertz CT molecular complexity index is 700. The van der Waals surface area contributed by atoms with Crippen molar-refractivity contribution < 1.29 is 8.96 Å². The topological polar surface area (TPSA) is 19.7 Å². The summed E-state index contributed by atoms with van der Waals surface area (Å²) in [5, 5.41) is 0.714. The van der Waals surface area contributed by atoms with Gasteiger partial charge in [-0.05, 0) is 37.1 Å². The molecule has 0 saturated carbocycles. The van der Waals surface area contributed by atoms with Crippen molar-refractivity contribution in [2.75, 3.05) is 0 Å². The monoisotopic (exact) mass is 321 g/mol. The molecular weight excluding hydrogens is 299 g/mol. The van der Waals surface area contributed by atoms with Crippen molar-refractivity contribution >= 4 is 22.6 Å². The van der Waals surface area contributed by atoms with Crippen LogP contribution in [0.4, 0.5) is 4.39 Å². The molecule has 0 aliphatic carbocycles. The molecule has 0 aliphatic rings. The largest absolute Gasteiger partial charge is 0.261 e. The number of imidazole rings is 1. The van der Waals surface area contributed by atoms with Crippen molar-refractivity contribution in [2.45, 2.75) is 39.0 Å². The Morgan fingerprint density at radius 1 is 1.41 bits per heavy atom. The second-order valence-electron chi connectivity index (χ2n) is 5.48. The molecule has 1 atom stereocenters. The van der Waals surface area contributed by atoms with Crippen LogP contribution in [0.3, 0.4) is 0 Å². The van der Waals surface area contributed by atoms with Crippen LogP contribution >= 0.6 is 11.6 Å². The number of aryl methyl sites for hydroxylation is 1. The van der Waals surface area contributed by atoms with Gasteiger partial charge in [-0.1, -0.05) is 37.9 Å². The van der Waals surface area contributed by atoms with E-state index in [-0.39, 0.29) is 11.7 Å². The van der Waals surface area contributed by atoms with Gasteiger partial charge in [0.15, 0.2) is 11.0 Å². The normalized spacial score (nSPS) is 14.1. The molecule has 1 unspecified atom stereocenters. The minimum absolute atomic E-state index is 0.136. The molecule has 2 nitrogen and oxygen atoms in total. The Morgan fingerprint density at radius 3 is 2.86 bits per heavy atom. The van der Waals surface area contributed by atoms with Crippen LogP contribution in [0.2, 0.25) is 5.02 Å². The average Bonchev–Trinajstić information content (AvgIpc) is 2.83. The van der Waals surface area contributed by atoms with Crippen molar-refractivity contribution in [2.24, 2.45) is 7.05 Å². The highest BCUT2D eigenvalue weighted by atomic mass is 35.5. The van der Waals surface area contributed by atoms with Crippen molar-refractivity contribution in [1.29, 1.82) is 0 Å². The lowest BCUT2D eigenvalue weighted by molar-refractivity contribution is -0.653. The molecule has 0 fully saturated rings. The van der Waals surface area contributed by atoms with Crippen molar-refractivity contribution in [3.63, 3.8) is 0 Å². The second-order valence-corrected chi connectivity index (χ2v) is 5.92. The van der Waals surface area contributed by atoms with Crippen LogP contribution in [-0.2, 0) is 7.05 Å². The molecule has 4 heteroatoms. The smallest absolute Gasteiger partial charge is 0.240 e. The molecule has 0 saturated heterocycles. The van der Waals surface area contributed by atoms with Gasteiger partial charge in [-0.2, -0.15) is 0 Å². The van der Waals surface area contributed by atoms with E-state index in [4.69, 9.17) is 11.6 Å². The first-order valence-electron chi connectivity index (χ1n) is 7.77. The van der Waals surface area contributed by atoms with Crippen LogP contribution in [-0.4, -0.2) is 4.98 Å². The molecule has 1 aromatic carbocycles. The minimum Gasteiger partial charge on any atom is -0.240 e. The van der Waals surface area contributed by atoms with Crippen LogP contribution in [0, 0.1) is 0 Å². The first-order valence-corrected chi connectivity index (χ1v) is 8.15. The summed E-state index contributed by atoms with van der Waals surface area (Å²) >= 11 is 6.07. The molecule has 0 amide bonds. The molecule has 1 heterocycles. The van der Waals surface area contributed by atoms with E-state index in [1.54, 1.807) is 12.2 Å². The number of benzene rings is 1. The number of fused-ring (bicyclic) bond motifs is 1. The van der Waals surface area contributed by atoms with Gasteiger partial charge in [0.05, 0.1) is 13.0 Å². The third kappa shape index (κ3) is 3.77. The van der Waals surface area contributed by atoms with Gasteiger partial charge >= 0.3 is 0 Å². The Labute approximate surface area is 136 Å². The number of hydrogen-bond acceptors (Lipinski definition) is 0. The highest BCUT2D eigenvalue weighted by molar-refractivity contribution is 6.31. The number of nitrogens with one attached hydrogen (secondary N) is 1. The molecule has 2 aromatic rings. The number of aromatic amines is 1. The van der Waals surface area contributed by atoms with Crippen molar-refractivity contribution in [3.05, 3.63) is 53.1 Å². The maximum atomic E-state index is 13.7. The van der Waals surface area contributed by atoms with Gasteiger partial charge in [0.2, 0.25) is 0 Å². The molecular formula is C18H23ClFN2+. The maximum Gasteiger partial charge on any atom is 0.261 e. The number of nitrogens with zero attached hydrogens (tertiary/aromatic N) is 1. The zero-order valence-electron chi connectivity index (χ0n) is 13.4. The first-order chi connectivity index (χ1) is 10.6. The molecule has 0 aliphatic heterocycles. The van der Waals surface area contributed by atoms with Crippen molar-refractivity contribution in [1.82, 2.24) is 4.98 Å². The predicted molar refractivity (Wildman–Crippen MR) is 90.8 cm³/mol. The maximum absolute atomic E-state index is 13.7. The standard InChI is InChI=1S/C18H22ClFN2/c1-4-6-7-15(20)10-8-13(5-2)18-21-16-11-9-14(19)12-17(16)22(18)3/h7-13H,4-6H2,1-3H3/p+1. The number of aromatic nitrogens is 2. The van der Waals surface area contributed by atoms with Gasteiger partial charge in [0.1, 0.15) is 5.83 Å². The fraction of sp³-hybridized carbons (Fsp3) is 0.389. The Balaban J connectivity index is 2.31. The second kappa shape index (κ2) is 7.59.